The van der Waals surface area contributed by atoms with Crippen molar-refractivity contribution in [3.05, 3.63) is 35.9 Å². The molecule has 0 fully saturated rings. The molecule has 0 atom stereocenters. The van der Waals surface area contributed by atoms with Crippen molar-refractivity contribution in [2.45, 2.75) is 0 Å². The van der Waals surface area contributed by atoms with Gasteiger partial charge in [-0.3, -0.25) is 0 Å². The van der Waals surface area contributed by atoms with Gasteiger partial charge in [-0.1, -0.05) is 30.4 Å². The van der Waals surface area contributed by atoms with Crippen LogP contribution >= 0.6 is 0 Å². The van der Waals surface area contributed by atoms with Gasteiger partial charge in [0.2, 0.25) is 0 Å². The number of carbonyl (C=O) groups excluding carboxylic acids is 1. The van der Waals surface area contributed by atoms with Gasteiger partial charge in [-0.2, -0.15) is 0 Å². The number of fused-ring (bicyclic) bond motifs is 1. The number of benzene rings is 1. The zero-order valence-corrected chi connectivity index (χ0v) is 8.93. The summed E-state index contributed by atoms with van der Waals surface area (Å²) < 4.78 is 4.73. The van der Waals surface area contributed by atoms with Crippen LogP contribution in [0.15, 0.2) is 30.3 Å². The van der Waals surface area contributed by atoms with Crippen LogP contribution in [0.25, 0.3) is 6.08 Å². The number of nitrogens with two attached hydrogens (primary N) is 1. The van der Waals surface area contributed by atoms with E-state index in [2.05, 4.69) is 29.2 Å². The first-order chi connectivity index (χ1) is 7.77. The molecule has 0 radical (unpaired) electrons. The maximum Gasteiger partial charge on any atom is 0.404 e. The molecule has 0 bridgehead atoms. The van der Waals surface area contributed by atoms with E-state index < -0.39 is 6.09 Å². The molecule has 0 saturated carbocycles. The summed E-state index contributed by atoms with van der Waals surface area (Å²) in [7, 11) is 0. The van der Waals surface area contributed by atoms with Gasteiger partial charge in [0.25, 0.3) is 0 Å². The molecule has 16 heavy (non-hydrogen) atoms. The Morgan fingerprint density at radius 2 is 2.25 bits per heavy atom. The minimum atomic E-state index is -0.721. The second-order valence-corrected chi connectivity index (χ2v) is 3.57. The van der Waals surface area contributed by atoms with Crippen molar-refractivity contribution in [3.8, 4) is 0 Å². The molecule has 4 nitrogen and oxygen atoms in total. The van der Waals surface area contributed by atoms with Crippen LogP contribution in [-0.2, 0) is 4.74 Å². The summed E-state index contributed by atoms with van der Waals surface area (Å²) in [5.74, 6) is 0. The molecule has 1 aromatic carbocycles. The zero-order chi connectivity index (χ0) is 11.4. The molecule has 2 N–H and O–H groups in total. The number of ether oxygens (including phenoxy) is 1. The van der Waals surface area contributed by atoms with Gasteiger partial charge in [-0.05, 0) is 11.6 Å². The van der Waals surface area contributed by atoms with Gasteiger partial charge in [0.15, 0.2) is 0 Å². The second-order valence-electron chi connectivity index (χ2n) is 3.57. The van der Waals surface area contributed by atoms with Gasteiger partial charge >= 0.3 is 6.09 Å². The second kappa shape index (κ2) is 4.70. The Kier molecular flexibility index (Phi) is 3.10. The normalized spacial score (nSPS) is 13.4. The highest BCUT2D eigenvalue weighted by Crippen LogP contribution is 2.24. The first kappa shape index (κ1) is 10.5. The molecule has 1 aliphatic heterocycles. The molecule has 0 unspecified atom stereocenters. The third kappa shape index (κ3) is 2.34. The van der Waals surface area contributed by atoms with E-state index >= 15 is 0 Å². The summed E-state index contributed by atoms with van der Waals surface area (Å²) in [4.78, 5) is 12.6. The highest BCUT2D eigenvalue weighted by atomic mass is 16.5. The average Bonchev–Trinajstić information content (AvgIpc) is 2.29. The summed E-state index contributed by atoms with van der Waals surface area (Å²) in [6.45, 7) is 1.81. The number of rotatable bonds is 3. The van der Waals surface area contributed by atoms with E-state index in [1.54, 1.807) is 0 Å². The third-order valence-electron chi connectivity index (χ3n) is 2.51. The number of carbonyl (C=O) groups is 1. The largest absolute Gasteiger partial charge is 0.448 e. The number of nitrogens with zero attached hydrogens (tertiary/aromatic N) is 1. The third-order valence-corrected chi connectivity index (χ3v) is 2.51. The first-order valence-electron chi connectivity index (χ1n) is 5.20. The predicted molar refractivity (Wildman–Crippen MR) is 63.2 cm³/mol. The monoisotopic (exact) mass is 218 g/mol. The van der Waals surface area contributed by atoms with E-state index in [0.29, 0.717) is 13.2 Å². The van der Waals surface area contributed by atoms with Gasteiger partial charge in [0, 0.05) is 12.2 Å². The van der Waals surface area contributed by atoms with E-state index in [4.69, 9.17) is 10.5 Å². The van der Waals surface area contributed by atoms with Crippen LogP contribution in [0.3, 0.4) is 0 Å². The fraction of sp³-hybridized carbons (Fsp3) is 0.250. The molecule has 1 heterocycles. The molecule has 0 saturated heterocycles. The molecule has 1 aliphatic rings. The Morgan fingerprint density at radius 3 is 3.06 bits per heavy atom. The molecule has 0 aliphatic carbocycles. The predicted octanol–water partition coefficient (Wildman–Crippen LogP) is 1.62. The lowest BCUT2D eigenvalue weighted by atomic mass is 10.1. The standard InChI is InChI=1S/C12H14N2O2/c13-12(15)16-9-8-14-7-3-5-10-4-1-2-6-11(10)14/h1-6H,7-9H2,(H2,13,15). The van der Waals surface area contributed by atoms with Gasteiger partial charge in [-0.15, -0.1) is 0 Å². The highest BCUT2D eigenvalue weighted by molar-refractivity contribution is 5.71. The Bertz CT molecular complexity index is 415. The van der Waals surface area contributed by atoms with Crippen LogP contribution in [0.5, 0.6) is 0 Å². The van der Waals surface area contributed by atoms with E-state index in [1.807, 2.05) is 12.1 Å². The van der Waals surface area contributed by atoms with Crippen molar-refractivity contribution in [3.63, 3.8) is 0 Å². The molecule has 1 amide bonds. The number of hydrogen-bond acceptors (Lipinski definition) is 3. The molecule has 1 aromatic rings. The van der Waals surface area contributed by atoms with Crippen LogP contribution in [0.4, 0.5) is 10.5 Å². The van der Waals surface area contributed by atoms with Crippen LogP contribution in [0, 0.1) is 0 Å². The lowest BCUT2D eigenvalue weighted by Gasteiger charge is -2.27. The Morgan fingerprint density at radius 1 is 1.44 bits per heavy atom. The van der Waals surface area contributed by atoms with E-state index in [-0.39, 0.29) is 0 Å². The van der Waals surface area contributed by atoms with Gasteiger partial charge in [0.05, 0.1) is 6.54 Å². The summed E-state index contributed by atoms with van der Waals surface area (Å²) in [5, 5.41) is 0. The minimum absolute atomic E-state index is 0.317. The van der Waals surface area contributed by atoms with Crippen LogP contribution in [0.1, 0.15) is 5.56 Å². The molecule has 0 spiro atoms. The fourth-order valence-corrected chi connectivity index (χ4v) is 1.79. The van der Waals surface area contributed by atoms with Crippen LogP contribution < -0.4 is 10.6 Å². The summed E-state index contributed by atoms with van der Waals surface area (Å²) in [6, 6.07) is 8.13. The average molecular weight is 218 g/mol. The number of primary amides is 1. The van der Waals surface area contributed by atoms with Crippen molar-refractivity contribution < 1.29 is 9.53 Å². The fourth-order valence-electron chi connectivity index (χ4n) is 1.79. The van der Waals surface area contributed by atoms with Crippen molar-refractivity contribution in [2.75, 3.05) is 24.6 Å². The number of amides is 1. The molecular weight excluding hydrogens is 204 g/mol. The highest BCUT2D eigenvalue weighted by Gasteiger charge is 2.11. The van der Waals surface area contributed by atoms with Gasteiger partial charge in [0.1, 0.15) is 6.61 Å². The number of hydrogen-bond donors (Lipinski definition) is 1. The first-order valence-corrected chi connectivity index (χ1v) is 5.20. The van der Waals surface area contributed by atoms with E-state index in [1.165, 1.54) is 5.56 Å². The number of anilines is 1. The quantitative estimate of drug-likeness (QED) is 0.838. The van der Waals surface area contributed by atoms with Gasteiger partial charge in [-0.25, -0.2) is 4.79 Å². The van der Waals surface area contributed by atoms with Crippen molar-refractivity contribution >= 4 is 17.9 Å². The van der Waals surface area contributed by atoms with Crippen molar-refractivity contribution in [1.29, 1.82) is 0 Å². The minimum Gasteiger partial charge on any atom is -0.448 e. The molecule has 4 heteroatoms. The van der Waals surface area contributed by atoms with Crippen LogP contribution in [-0.4, -0.2) is 25.8 Å². The molecule has 84 valence electrons. The lowest BCUT2D eigenvalue weighted by Crippen LogP contribution is -2.31. The number of para-hydroxylation sites is 1. The maximum absolute atomic E-state index is 10.5. The zero-order valence-electron chi connectivity index (χ0n) is 8.93. The van der Waals surface area contributed by atoms with Crippen molar-refractivity contribution in [2.24, 2.45) is 5.73 Å². The topological polar surface area (TPSA) is 55.6 Å². The molecule has 2 rings (SSSR count). The molecule has 0 aromatic heterocycles. The summed E-state index contributed by atoms with van der Waals surface area (Å²) in [5.41, 5.74) is 7.26. The SMILES string of the molecule is NC(=O)OCCN1CC=Cc2ccccc21. The maximum atomic E-state index is 10.5. The lowest BCUT2D eigenvalue weighted by molar-refractivity contribution is 0.159. The summed E-state index contributed by atoms with van der Waals surface area (Å²) in [6.07, 6.45) is 3.47. The van der Waals surface area contributed by atoms with E-state index in [0.717, 1.165) is 12.2 Å². The van der Waals surface area contributed by atoms with Crippen LogP contribution in [0.2, 0.25) is 0 Å². The van der Waals surface area contributed by atoms with Gasteiger partial charge < -0.3 is 15.4 Å². The Labute approximate surface area is 94.3 Å². The Hall–Kier alpha value is -1.97. The Balaban J connectivity index is 2.02. The molecular formula is C12H14N2O2. The van der Waals surface area contributed by atoms with E-state index in [9.17, 15) is 4.79 Å². The smallest absolute Gasteiger partial charge is 0.404 e. The summed E-state index contributed by atoms with van der Waals surface area (Å²) >= 11 is 0. The van der Waals surface area contributed by atoms with Crippen molar-refractivity contribution in [1.82, 2.24) is 0 Å².